The minimum atomic E-state index is -0.622. The van der Waals surface area contributed by atoms with Gasteiger partial charge in [0.2, 0.25) is 12.7 Å². The summed E-state index contributed by atoms with van der Waals surface area (Å²) in [6, 6.07) is 13.8. The number of amides is 1. The third-order valence-electron chi connectivity index (χ3n) is 5.63. The standard InChI is InChI=1S/C22H26N2O4/c1-22(2,16-4-9-19-20(14-16)28-15-27-19)21(25)24-12-10-23(11-13-24)17-5-7-18(26-3)8-6-17/h4-9,14H,10-13,15H2,1-3H3. The van der Waals surface area contributed by atoms with Gasteiger partial charge in [-0.1, -0.05) is 6.07 Å². The number of hydrogen-bond acceptors (Lipinski definition) is 5. The maximum atomic E-state index is 13.3. The van der Waals surface area contributed by atoms with Crippen molar-refractivity contribution in [3.8, 4) is 17.2 Å². The average molecular weight is 382 g/mol. The van der Waals surface area contributed by atoms with Crippen LogP contribution in [0.3, 0.4) is 0 Å². The number of anilines is 1. The van der Waals surface area contributed by atoms with E-state index in [2.05, 4.69) is 17.0 Å². The van der Waals surface area contributed by atoms with Crippen molar-refractivity contribution in [3.63, 3.8) is 0 Å². The van der Waals surface area contributed by atoms with Crippen LogP contribution in [0.5, 0.6) is 17.2 Å². The number of nitrogens with zero attached hydrogens (tertiary/aromatic N) is 2. The van der Waals surface area contributed by atoms with Gasteiger partial charge in [-0.2, -0.15) is 0 Å². The first-order valence-corrected chi connectivity index (χ1v) is 9.57. The third kappa shape index (κ3) is 3.35. The Kier molecular flexibility index (Phi) is 4.79. The van der Waals surface area contributed by atoms with E-state index in [0.29, 0.717) is 18.8 Å². The van der Waals surface area contributed by atoms with E-state index in [-0.39, 0.29) is 12.7 Å². The summed E-state index contributed by atoms with van der Waals surface area (Å²) in [6.07, 6.45) is 0. The number of methoxy groups -OCH3 is 1. The topological polar surface area (TPSA) is 51.2 Å². The van der Waals surface area contributed by atoms with Crippen LogP contribution in [0.2, 0.25) is 0 Å². The van der Waals surface area contributed by atoms with E-state index in [1.54, 1.807) is 7.11 Å². The SMILES string of the molecule is COc1ccc(N2CCN(C(=O)C(C)(C)c3ccc4c(c3)OCO4)CC2)cc1. The van der Waals surface area contributed by atoms with Crippen molar-refractivity contribution in [2.75, 3.05) is 45.0 Å². The van der Waals surface area contributed by atoms with Gasteiger partial charge in [-0.05, 0) is 55.8 Å². The van der Waals surface area contributed by atoms with Crippen LogP contribution in [0.1, 0.15) is 19.4 Å². The quantitative estimate of drug-likeness (QED) is 0.814. The zero-order valence-electron chi connectivity index (χ0n) is 16.6. The molecule has 1 amide bonds. The molecule has 0 spiro atoms. The molecule has 2 aliphatic heterocycles. The Labute approximate surface area is 165 Å². The second kappa shape index (κ2) is 7.26. The van der Waals surface area contributed by atoms with Gasteiger partial charge in [-0.15, -0.1) is 0 Å². The van der Waals surface area contributed by atoms with Gasteiger partial charge in [0, 0.05) is 31.9 Å². The van der Waals surface area contributed by atoms with Gasteiger partial charge < -0.3 is 24.0 Å². The molecule has 0 saturated carbocycles. The first-order valence-electron chi connectivity index (χ1n) is 9.57. The van der Waals surface area contributed by atoms with Crippen LogP contribution in [-0.2, 0) is 10.2 Å². The van der Waals surface area contributed by atoms with E-state index < -0.39 is 5.41 Å². The van der Waals surface area contributed by atoms with Gasteiger partial charge in [-0.3, -0.25) is 4.79 Å². The van der Waals surface area contributed by atoms with Gasteiger partial charge in [0.25, 0.3) is 0 Å². The van der Waals surface area contributed by atoms with Crippen molar-refractivity contribution in [2.24, 2.45) is 0 Å². The van der Waals surface area contributed by atoms with E-state index in [1.807, 2.05) is 49.1 Å². The van der Waals surface area contributed by atoms with Gasteiger partial charge in [-0.25, -0.2) is 0 Å². The Morgan fingerprint density at radius 3 is 2.32 bits per heavy atom. The highest BCUT2D eigenvalue weighted by Crippen LogP contribution is 2.37. The molecule has 0 unspecified atom stereocenters. The average Bonchev–Trinajstić information content (AvgIpc) is 3.21. The van der Waals surface area contributed by atoms with E-state index in [9.17, 15) is 4.79 Å². The number of benzene rings is 2. The molecule has 1 saturated heterocycles. The summed E-state index contributed by atoms with van der Waals surface area (Å²) >= 11 is 0. The lowest BCUT2D eigenvalue weighted by Crippen LogP contribution is -2.53. The molecule has 2 heterocycles. The summed E-state index contributed by atoms with van der Waals surface area (Å²) in [5, 5.41) is 0. The highest BCUT2D eigenvalue weighted by atomic mass is 16.7. The number of ether oxygens (including phenoxy) is 3. The van der Waals surface area contributed by atoms with E-state index in [4.69, 9.17) is 14.2 Å². The van der Waals surface area contributed by atoms with Crippen molar-refractivity contribution in [1.82, 2.24) is 4.90 Å². The summed E-state index contributed by atoms with van der Waals surface area (Å²) in [7, 11) is 1.67. The van der Waals surface area contributed by atoms with E-state index in [0.717, 1.165) is 35.8 Å². The molecule has 0 aromatic heterocycles. The van der Waals surface area contributed by atoms with Crippen LogP contribution < -0.4 is 19.1 Å². The molecule has 28 heavy (non-hydrogen) atoms. The van der Waals surface area contributed by atoms with E-state index in [1.165, 1.54) is 0 Å². The predicted molar refractivity (Wildman–Crippen MR) is 107 cm³/mol. The number of fused-ring (bicyclic) bond motifs is 1. The lowest BCUT2D eigenvalue weighted by Gasteiger charge is -2.39. The van der Waals surface area contributed by atoms with E-state index >= 15 is 0 Å². The molecule has 0 N–H and O–H groups in total. The lowest BCUT2D eigenvalue weighted by molar-refractivity contribution is -0.136. The molecule has 0 bridgehead atoms. The van der Waals surface area contributed by atoms with Crippen molar-refractivity contribution in [3.05, 3.63) is 48.0 Å². The highest BCUT2D eigenvalue weighted by molar-refractivity contribution is 5.88. The maximum Gasteiger partial charge on any atom is 0.232 e. The Morgan fingerprint density at radius 2 is 1.64 bits per heavy atom. The summed E-state index contributed by atoms with van der Waals surface area (Å²) in [4.78, 5) is 17.5. The van der Waals surface area contributed by atoms with Gasteiger partial charge in [0.15, 0.2) is 11.5 Å². The van der Waals surface area contributed by atoms with Crippen LogP contribution in [0.15, 0.2) is 42.5 Å². The molecule has 2 aromatic carbocycles. The fraction of sp³-hybridized carbons (Fsp3) is 0.409. The van der Waals surface area contributed by atoms with Gasteiger partial charge in [0.1, 0.15) is 5.75 Å². The molecule has 0 radical (unpaired) electrons. The molecule has 2 aromatic rings. The van der Waals surface area contributed by atoms with Gasteiger partial charge >= 0.3 is 0 Å². The normalized spacial score (nSPS) is 16.2. The number of carbonyl (C=O) groups is 1. The molecule has 0 aliphatic carbocycles. The Bertz CT molecular complexity index is 855. The van der Waals surface area contributed by atoms with Crippen LogP contribution in [-0.4, -0.2) is 50.9 Å². The fourth-order valence-electron chi connectivity index (χ4n) is 3.76. The number of carbonyl (C=O) groups excluding carboxylic acids is 1. The zero-order chi connectivity index (χ0) is 19.7. The summed E-state index contributed by atoms with van der Waals surface area (Å²) in [6.45, 7) is 7.23. The molecule has 6 nitrogen and oxygen atoms in total. The van der Waals surface area contributed by atoms with Crippen LogP contribution in [0.25, 0.3) is 0 Å². The van der Waals surface area contributed by atoms with Gasteiger partial charge in [0.05, 0.1) is 12.5 Å². The van der Waals surface area contributed by atoms with Crippen LogP contribution in [0, 0.1) is 0 Å². The third-order valence-corrected chi connectivity index (χ3v) is 5.63. The molecule has 1 fully saturated rings. The fourth-order valence-corrected chi connectivity index (χ4v) is 3.76. The molecule has 6 heteroatoms. The number of piperazine rings is 1. The number of hydrogen-bond donors (Lipinski definition) is 0. The second-order valence-electron chi connectivity index (χ2n) is 7.67. The predicted octanol–water partition coefficient (Wildman–Crippen LogP) is 3.05. The molecule has 4 rings (SSSR count). The number of rotatable bonds is 4. The van der Waals surface area contributed by atoms with Crippen LogP contribution >= 0.6 is 0 Å². The Hall–Kier alpha value is -2.89. The maximum absolute atomic E-state index is 13.3. The molecule has 0 atom stereocenters. The zero-order valence-corrected chi connectivity index (χ0v) is 16.6. The molecular formula is C22H26N2O4. The highest BCUT2D eigenvalue weighted by Gasteiger charge is 2.36. The smallest absolute Gasteiger partial charge is 0.232 e. The monoisotopic (exact) mass is 382 g/mol. The molecular weight excluding hydrogens is 356 g/mol. The van der Waals surface area contributed by atoms with Crippen LogP contribution in [0.4, 0.5) is 5.69 Å². The van der Waals surface area contributed by atoms with Crippen molar-refractivity contribution < 1.29 is 19.0 Å². The Balaban J connectivity index is 1.42. The lowest BCUT2D eigenvalue weighted by atomic mass is 9.82. The minimum absolute atomic E-state index is 0.140. The van der Waals surface area contributed by atoms with Crippen molar-refractivity contribution in [1.29, 1.82) is 0 Å². The molecule has 148 valence electrons. The van der Waals surface area contributed by atoms with Crippen molar-refractivity contribution in [2.45, 2.75) is 19.3 Å². The summed E-state index contributed by atoms with van der Waals surface area (Å²) in [5.41, 5.74) is 1.48. The first kappa shape index (κ1) is 18.5. The second-order valence-corrected chi connectivity index (χ2v) is 7.67. The van der Waals surface area contributed by atoms with Crippen molar-refractivity contribution >= 4 is 11.6 Å². The first-order chi connectivity index (χ1) is 13.5. The minimum Gasteiger partial charge on any atom is -0.497 e. The summed E-state index contributed by atoms with van der Waals surface area (Å²) in [5.74, 6) is 2.44. The molecule has 2 aliphatic rings. The summed E-state index contributed by atoms with van der Waals surface area (Å²) < 4.78 is 16.1. The Morgan fingerprint density at radius 1 is 0.964 bits per heavy atom. The largest absolute Gasteiger partial charge is 0.497 e.